The minimum absolute atomic E-state index is 0.674. The van der Waals surface area contributed by atoms with E-state index in [1.807, 2.05) is 12.1 Å². The first-order valence-electron chi connectivity index (χ1n) is 8.50. The number of hydrogen-bond acceptors (Lipinski definition) is 5. The Morgan fingerprint density at radius 3 is 2.78 bits per heavy atom. The van der Waals surface area contributed by atoms with E-state index < -0.39 is 0 Å². The zero-order chi connectivity index (χ0) is 16.1. The van der Waals surface area contributed by atoms with Crippen molar-refractivity contribution >= 4 is 5.82 Å². The smallest absolute Gasteiger partial charge is 0.161 e. The number of nitrogens with one attached hydrogen (secondary N) is 2. The fraction of sp³-hybridized carbons (Fsp3) is 0.500. The fourth-order valence-corrected chi connectivity index (χ4v) is 3.13. The second kappa shape index (κ2) is 7.51. The summed E-state index contributed by atoms with van der Waals surface area (Å²) < 4.78 is 0. The summed E-state index contributed by atoms with van der Waals surface area (Å²) in [7, 11) is 0. The van der Waals surface area contributed by atoms with Crippen LogP contribution in [0.25, 0.3) is 11.4 Å². The van der Waals surface area contributed by atoms with Crippen molar-refractivity contribution in [3.63, 3.8) is 0 Å². The molecule has 1 unspecified atom stereocenters. The number of rotatable bonds is 5. The average molecular weight is 311 g/mol. The van der Waals surface area contributed by atoms with Crippen LogP contribution in [0.4, 0.5) is 5.82 Å². The summed E-state index contributed by atoms with van der Waals surface area (Å²) in [4.78, 5) is 13.5. The Morgan fingerprint density at radius 1 is 1.26 bits per heavy atom. The Bertz CT molecular complexity index is 635. The van der Waals surface area contributed by atoms with E-state index in [1.54, 1.807) is 12.4 Å². The maximum absolute atomic E-state index is 4.79. The van der Waals surface area contributed by atoms with Gasteiger partial charge in [0.2, 0.25) is 0 Å². The van der Waals surface area contributed by atoms with E-state index in [-0.39, 0.29) is 0 Å². The first-order chi connectivity index (χ1) is 11.3. The molecule has 1 aliphatic rings. The average Bonchev–Trinajstić information content (AvgIpc) is 2.61. The predicted molar refractivity (Wildman–Crippen MR) is 93.5 cm³/mol. The van der Waals surface area contributed by atoms with Crippen LogP contribution in [0.3, 0.4) is 0 Å². The summed E-state index contributed by atoms with van der Waals surface area (Å²) in [6, 6.07) is 3.91. The lowest BCUT2D eigenvalue weighted by atomic mass is 9.99. The number of hydrogen-bond donors (Lipinski definition) is 2. The Morgan fingerprint density at radius 2 is 2.09 bits per heavy atom. The molecule has 2 aromatic heterocycles. The quantitative estimate of drug-likeness (QED) is 0.889. The molecule has 0 spiro atoms. The van der Waals surface area contributed by atoms with Crippen LogP contribution in [0.1, 0.15) is 31.0 Å². The molecule has 2 N–H and O–H groups in total. The molecule has 0 aliphatic carbocycles. The van der Waals surface area contributed by atoms with Gasteiger partial charge in [0.15, 0.2) is 5.82 Å². The van der Waals surface area contributed by atoms with Crippen molar-refractivity contribution in [2.24, 2.45) is 5.92 Å². The highest BCUT2D eigenvalue weighted by Gasteiger charge is 2.15. The molecular weight excluding hydrogens is 286 g/mol. The Hall–Kier alpha value is -2.01. The van der Waals surface area contributed by atoms with Gasteiger partial charge in [0, 0.05) is 35.8 Å². The summed E-state index contributed by atoms with van der Waals surface area (Å²) in [5, 5.41) is 7.05. The molecule has 0 saturated carbocycles. The van der Waals surface area contributed by atoms with Crippen molar-refractivity contribution in [2.75, 3.05) is 25.0 Å². The lowest BCUT2D eigenvalue weighted by Crippen LogP contribution is -2.33. The number of nitrogens with zero attached hydrogens (tertiary/aromatic N) is 3. The summed E-state index contributed by atoms with van der Waals surface area (Å²) in [5.41, 5.74) is 3.28. The van der Waals surface area contributed by atoms with Gasteiger partial charge in [-0.2, -0.15) is 0 Å². The molecule has 0 bridgehead atoms. The monoisotopic (exact) mass is 311 g/mol. The largest absolute Gasteiger partial charge is 0.369 e. The van der Waals surface area contributed by atoms with Crippen LogP contribution < -0.4 is 10.6 Å². The molecule has 1 atom stereocenters. The summed E-state index contributed by atoms with van der Waals surface area (Å²) >= 11 is 0. The number of anilines is 1. The minimum Gasteiger partial charge on any atom is -0.369 e. The van der Waals surface area contributed by atoms with Crippen molar-refractivity contribution in [3.05, 3.63) is 35.8 Å². The van der Waals surface area contributed by atoms with E-state index in [9.17, 15) is 0 Å². The van der Waals surface area contributed by atoms with Crippen LogP contribution in [0.2, 0.25) is 0 Å². The lowest BCUT2D eigenvalue weighted by molar-refractivity contribution is 0.392. The van der Waals surface area contributed by atoms with E-state index in [2.05, 4.69) is 34.4 Å². The highest BCUT2D eigenvalue weighted by atomic mass is 15.0. The van der Waals surface area contributed by atoms with Crippen LogP contribution in [0, 0.1) is 12.8 Å². The second-order valence-corrected chi connectivity index (χ2v) is 6.14. The van der Waals surface area contributed by atoms with Gasteiger partial charge in [0.1, 0.15) is 5.82 Å². The first-order valence-corrected chi connectivity index (χ1v) is 8.50. The second-order valence-electron chi connectivity index (χ2n) is 6.14. The molecular formula is C18H25N5. The topological polar surface area (TPSA) is 62.7 Å². The predicted octanol–water partition coefficient (Wildman–Crippen LogP) is 2.82. The third-order valence-electron chi connectivity index (χ3n) is 4.46. The lowest BCUT2D eigenvalue weighted by Gasteiger charge is -2.24. The van der Waals surface area contributed by atoms with E-state index in [4.69, 9.17) is 4.98 Å². The zero-order valence-electron chi connectivity index (χ0n) is 14.0. The molecule has 5 nitrogen and oxygen atoms in total. The zero-order valence-corrected chi connectivity index (χ0v) is 14.0. The Labute approximate surface area is 138 Å². The van der Waals surface area contributed by atoms with Gasteiger partial charge in [-0.05, 0) is 57.3 Å². The van der Waals surface area contributed by atoms with Crippen molar-refractivity contribution in [1.29, 1.82) is 0 Å². The maximum Gasteiger partial charge on any atom is 0.161 e. The number of aryl methyl sites for hydroxylation is 1. The van der Waals surface area contributed by atoms with Crippen LogP contribution in [0.5, 0.6) is 0 Å². The van der Waals surface area contributed by atoms with Gasteiger partial charge in [-0.25, -0.2) is 9.97 Å². The third-order valence-corrected chi connectivity index (χ3v) is 4.46. The van der Waals surface area contributed by atoms with Gasteiger partial charge in [0.25, 0.3) is 0 Å². The Kier molecular flexibility index (Phi) is 5.18. The maximum atomic E-state index is 4.79. The number of piperidine rings is 1. The normalized spacial score (nSPS) is 17.9. The fourth-order valence-electron chi connectivity index (χ4n) is 3.13. The summed E-state index contributed by atoms with van der Waals surface area (Å²) in [6.45, 7) is 7.43. The molecule has 0 radical (unpaired) electrons. The molecule has 1 saturated heterocycles. The van der Waals surface area contributed by atoms with Crippen LogP contribution in [-0.2, 0) is 6.42 Å². The molecule has 3 heterocycles. The molecule has 23 heavy (non-hydrogen) atoms. The van der Waals surface area contributed by atoms with Gasteiger partial charge >= 0.3 is 0 Å². The van der Waals surface area contributed by atoms with Gasteiger partial charge in [0.05, 0.1) is 0 Å². The van der Waals surface area contributed by atoms with Crippen LogP contribution in [-0.4, -0.2) is 34.6 Å². The molecule has 1 fully saturated rings. The first kappa shape index (κ1) is 15.9. The van der Waals surface area contributed by atoms with E-state index in [0.717, 1.165) is 49.0 Å². The standard InChI is InChI=1S/C18H25N5/c1-3-16-13(2)22-17(15-6-9-19-10-7-15)23-18(16)21-12-14-5-4-8-20-11-14/h6-7,9-10,14,20H,3-5,8,11-12H2,1-2H3,(H,21,22,23). The van der Waals surface area contributed by atoms with E-state index in [1.165, 1.54) is 18.4 Å². The molecule has 5 heteroatoms. The molecule has 0 amide bonds. The van der Waals surface area contributed by atoms with Gasteiger partial charge in [-0.15, -0.1) is 0 Å². The van der Waals surface area contributed by atoms with Gasteiger partial charge in [-0.1, -0.05) is 6.92 Å². The van der Waals surface area contributed by atoms with Gasteiger partial charge in [-0.3, -0.25) is 4.98 Å². The van der Waals surface area contributed by atoms with E-state index in [0.29, 0.717) is 5.92 Å². The van der Waals surface area contributed by atoms with Crippen LogP contribution in [0.15, 0.2) is 24.5 Å². The van der Waals surface area contributed by atoms with Crippen LogP contribution >= 0.6 is 0 Å². The third kappa shape index (κ3) is 3.85. The SMILES string of the molecule is CCc1c(C)nc(-c2ccncc2)nc1NCC1CCCNC1. The number of aromatic nitrogens is 3. The van der Waals surface area contributed by atoms with Crippen molar-refractivity contribution in [3.8, 4) is 11.4 Å². The van der Waals surface area contributed by atoms with E-state index >= 15 is 0 Å². The summed E-state index contributed by atoms with van der Waals surface area (Å²) in [5.74, 6) is 2.43. The molecule has 1 aliphatic heterocycles. The highest BCUT2D eigenvalue weighted by molar-refractivity contribution is 5.59. The minimum atomic E-state index is 0.674. The Balaban J connectivity index is 1.83. The molecule has 122 valence electrons. The van der Waals surface area contributed by atoms with Gasteiger partial charge < -0.3 is 10.6 Å². The summed E-state index contributed by atoms with van der Waals surface area (Å²) in [6.07, 6.45) is 7.04. The molecule has 2 aromatic rings. The molecule has 3 rings (SSSR count). The van der Waals surface area contributed by atoms with Crippen molar-refractivity contribution in [1.82, 2.24) is 20.3 Å². The van der Waals surface area contributed by atoms with Crippen molar-refractivity contribution < 1.29 is 0 Å². The molecule has 0 aromatic carbocycles. The number of pyridine rings is 1. The highest BCUT2D eigenvalue weighted by Crippen LogP contribution is 2.23. The van der Waals surface area contributed by atoms with Crippen molar-refractivity contribution in [2.45, 2.75) is 33.1 Å².